The van der Waals surface area contributed by atoms with E-state index >= 15 is 0 Å². The number of hydrogen-bond donors (Lipinski definition) is 3. The van der Waals surface area contributed by atoms with Gasteiger partial charge in [-0.1, -0.05) is 6.92 Å². The lowest BCUT2D eigenvalue weighted by atomic mass is 9.88. The average Bonchev–Trinajstić information content (AvgIpc) is 3.41. The molecule has 0 aromatic carbocycles. The summed E-state index contributed by atoms with van der Waals surface area (Å²) in [6.07, 6.45) is 2.62. The molecule has 4 heterocycles. The Morgan fingerprint density at radius 2 is 2.03 bits per heavy atom. The molecule has 0 radical (unpaired) electrons. The number of fused-ring (bicyclic) bond motifs is 3. The van der Waals surface area contributed by atoms with E-state index in [9.17, 15) is 20.1 Å². The van der Waals surface area contributed by atoms with Gasteiger partial charge in [0.05, 0.1) is 5.69 Å². The molecular weight excluding hydrogens is 440 g/mol. The molecule has 0 bridgehead atoms. The van der Waals surface area contributed by atoms with Crippen molar-refractivity contribution in [2.24, 2.45) is 7.05 Å². The summed E-state index contributed by atoms with van der Waals surface area (Å²) in [6.45, 7) is 5.37. The minimum atomic E-state index is -1.44. The number of aliphatic hydroxyl groups excluding tert-OH is 2. The summed E-state index contributed by atoms with van der Waals surface area (Å²) in [6, 6.07) is 0. The molecular formula is C24H32N4O6. The number of ether oxygens (including phenoxy) is 2. The lowest BCUT2D eigenvalue weighted by molar-refractivity contribution is -0.173. The largest absolute Gasteiger partial charge is 0.475 e. The Morgan fingerprint density at radius 1 is 1.26 bits per heavy atom. The zero-order valence-electron chi connectivity index (χ0n) is 19.6. The van der Waals surface area contributed by atoms with Crippen LogP contribution in [-0.2, 0) is 29.4 Å². The number of carboxylic acids is 1. The maximum atomic E-state index is 11.4. The molecule has 1 fully saturated rings. The zero-order chi connectivity index (χ0) is 24.0. The predicted molar refractivity (Wildman–Crippen MR) is 122 cm³/mol. The molecule has 34 heavy (non-hydrogen) atoms. The number of aryl methyl sites for hydroxylation is 2. The number of rotatable bonds is 6. The maximum absolute atomic E-state index is 11.4. The van der Waals surface area contributed by atoms with Crippen molar-refractivity contribution in [2.45, 2.75) is 69.9 Å². The van der Waals surface area contributed by atoms with Crippen LogP contribution in [0.5, 0.6) is 5.88 Å². The molecule has 0 spiro atoms. The first-order valence-corrected chi connectivity index (χ1v) is 12.1. The summed E-state index contributed by atoms with van der Waals surface area (Å²) in [4.78, 5) is 18.7. The molecule has 2 aromatic rings. The minimum absolute atomic E-state index is 0.304. The third-order valence-corrected chi connectivity index (χ3v) is 7.11. The van der Waals surface area contributed by atoms with Crippen molar-refractivity contribution in [3.05, 3.63) is 28.7 Å². The van der Waals surface area contributed by atoms with Crippen LogP contribution in [0.1, 0.15) is 55.3 Å². The van der Waals surface area contributed by atoms with Crippen molar-refractivity contribution in [1.82, 2.24) is 19.7 Å². The third-order valence-electron chi connectivity index (χ3n) is 7.11. The normalized spacial score (nSPS) is 27.4. The summed E-state index contributed by atoms with van der Waals surface area (Å²) in [7, 11) is 1.87. The van der Waals surface area contributed by atoms with Crippen molar-refractivity contribution >= 4 is 17.0 Å². The van der Waals surface area contributed by atoms with Crippen molar-refractivity contribution < 1.29 is 29.6 Å². The number of aliphatic hydroxyl groups is 2. The van der Waals surface area contributed by atoms with Gasteiger partial charge >= 0.3 is 5.97 Å². The Hall–Kier alpha value is -2.69. The van der Waals surface area contributed by atoms with Gasteiger partial charge in [0.2, 0.25) is 11.6 Å². The van der Waals surface area contributed by atoms with Crippen LogP contribution in [0.3, 0.4) is 0 Å². The lowest BCUT2D eigenvalue weighted by Gasteiger charge is -2.31. The summed E-state index contributed by atoms with van der Waals surface area (Å²) in [5.41, 5.74) is 3.92. The second kappa shape index (κ2) is 9.16. The van der Waals surface area contributed by atoms with Crippen LogP contribution in [0.4, 0.5) is 0 Å². The van der Waals surface area contributed by atoms with Crippen molar-refractivity contribution in [2.75, 3.05) is 19.6 Å². The Bertz CT molecular complexity index is 1130. The number of aliphatic carboxylic acids is 1. The first-order valence-electron chi connectivity index (χ1n) is 12.1. The summed E-state index contributed by atoms with van der Waals surface area (Å²) < 4.78 is 13.1. The van der Waals surface area contributed by atoms with Crippen molar-refractivity contribution in [3.63, 3.8) is 0 Å². The Labute approximate surface area is 197 Å². The van der Waals surface area contributed by atoms with Crippen LogP contribution in [0.25, 0.3) is 11.0 Å². The maximum Gasteiger partial charge on any atom is 0.371 e. The fourth-order valence-corrected chi connectivity index (χ4v) is 5.47. The van der Waals surface area contributed by atoms with E-state index in [1.54, 1.807) is 4.68 Å². The highest BCUT2D eigenvalue weighted by atomic mass is 16.7. The van der Waals surface area contributed by atoms with Gasteiger partial charge in [-0.15, -0.1) is 0 Å². The second-order valence-electron chi connectivity index (χ2n) is 9.50. The molecule has 1 unspecified atom stereocenters. The number of aromatic nitrogens is 3. The van der Waals surface area contributed by atoms with E-state index in [1.165, 1.54) is 5.56 Å². The lowest BCUT2D eigenvalue weighted by Crippen LogP contribution is -2.46. The summed E-state index contributed by atoms with van der Waals surface area (Å²) in [5.74, 6) is -1.14. The molecule has 0 amide bonds. The summed E-state index contributed by atoms with van der Waals surface area (Å²) in [5, 5.41) is 35.8. The van der Waals surface area contributed by atoms with E-state index < -0.39 is 30.2 Å². The molecule has 10 nitrogen and oxygen atoms in total. The minimum Gasteiger partial charge on any atom is -0.475 e. The molecule has 5 rings (SSSR count). The number of carboxylic acid groups (broad SMARTS) is 1. The molecule has 3 N–H and O–H groups in total. The van der Waals surface area contributed by atoms with Crippen LogP contribution in [0.2, 0.25) is 0 Å². The van der Waals surface area contributed by atoms with Crippen LogP contribution >= 0.6 is 0 Å². The Kier molecular flexibility index (Phi) is 6.22. The smallest absolute Gasteiger partial charge is 0.371 e. The van der Waals surface area contributed by atoms with Gasteiger partial charge < -0.3 is 29.7 Å². The van der Waals surface area contributed by atoms with E-state index in [2.05, 4.69) is 11.8 Å². The van der Waals surface area contributed by atoms with E-state index in [0.717, 1.165) is 80.9 Å². The molecule has 2 aromatic heterocycles. The van der Waals surface area contributed by atoms with E-state index in [1.807, 2.05) is 7.05 Å². The van der Waals surface area contributed by atoms with Gasteiger partial charge in [0.1, 0.15) is 6.10 Å². The Morgan fingerprint density at radius 3 is 2.76 bits per heavy atom. The quantitative estimate of drug-likeness (QED) is 0.572. The van der Waals surface area contributed by atoms with Crippen LogP contribution in [0, 0.1) is 0 Å². The second-order valence-corrected chi connectivity index (χ2v) is 9.50. The van der Waals surface area contributed by atoms with Gasteiger partial charge in [0.25, 0.3) is 6.29 Å². The predicted octanol–water partition coefficient (Wildman–Crippen LogP) is 1.47. The number of nitrogens with zero attached hydrogens (tertiary/aromatic N) is 4. The van der Waals surface area contributed by atoms with Crippen LogP contribution < -0.4 is 4.74 Å². The standard InChI is InChI=1S/C24H32N4O6/c1-3-9-28-10-8-13(12-28)19-18-14-6-4-5-7-15(14)22(25-21(18)27(2)26-19)34-24-20(30)16(29)11-17(33-24)23(31)32/h11,13,16,20,24,29-30H,3-10,12H2,1-2H3,(H,31,32)/t13?,16-,20+,24-/m0/s1. The van der Waals surface area contributed by atoms with Crippen LogP contribution in [-0.4, -0.2) is 79.1 Å². The topological polar surface area (TPSA) is 130 Å². The fourth-order valence-electron chi connectivity index (χ4n) is 5.47. The number of carbonyl (C=O) groups is 1. The highest BCUT2D eigenvalue weighted by molar-refractivity contribution is 5.86. The van der Waals surface area contributed by atoms with Gasteiger partial charge in [-0.2, -0.15) is 10.1 Å². The molecule has 0 saturated carbocycles. The molecule has 3 aliphatic rings. The molecule has 184 valence electrons. The molecule has 1 aliphatic carbocycles. The fraction of sp³-hybridized carbons (Fsp3) is 0.625. The molecule has 1 saturated heterocycles. The van der Waals surface area contributed by atoms with Crippen LogP contribution in [0.15, 0.2) is 11.8 Å². The van der Waals surface area contributed by atoms with Gasteiger partial charge in [0.15, 0.2) is 11.8 Å². The first kappa shape index (κ1) is 23.1. The monoisotopic (exact) mass is 472 g/mol. The van der Waals surface area contributed by atoms with Gasteiger partial charge in [-0.05, 0) is 63.3 Å². The molecule has 10 heteroatoms. The summed E-state index contributed by atoms with van der Waals surface area (Å²) >= 11 is 0. The van der Waals surface area contributed by atoms with E-state index in [4.69, 9.17) is 19.6 Å². The zero-order valence-corrected chi connectivity index (χ0v) is 19.6. The first-order chi connectivity index (χ1) is 16.4. The van der Waals surface area contributed by atoms with Gasteiger partial charge in [-0.25, -0.2) is 4.79 Å². The number of pyridine rings is 1. The number of hydrogen-bond acceptors (Lipinski definition) is 8. The van der Waals surface area contributed by atoms with E-state index in [-0.39, 0.29) is 0 Å². The Balaban J connectivity index is 1.53. The third kappa shape index (κ3) is 4.03. The molecule has 2 aliphatic heterocycles. The average molecular weight is 473 g/mol. The van der Waals surface area contributed by atoms with Crippen molar-refractivity contribution in [3.8, 4) is 5.88 Å². The van der Waals surface area contributed by atoms with Gasteiger partial charge in [0, 0.05) is 30.5 Å². The highest BCUT2D eigenvalue weighted by Crippen LogP contribution is 2.40. The van der Waals surface area contributed by atoms with Crippen molar-refractivity contribution in [1.29, 1.82) is 0 Å². The van der Waals surface area contributed by atoms with E-state index in [0.29, 0.717) is 17.4 Å². The van der Waals surface area contributed by atoms with Gasteiger partial charge in [-0.3, -0.25) is 4.68 Å². The highest BCUT2D eigenvalue weighted by Gasteiger charge is 2.38. The molecule has 4 atom stereocenters. The number of likely N-dealkylation sites (tertiary alicyclic amines) is 1. The SMILES string of the molecule is CCCN1CCC(c2nn(C)c3nc(O[C@@H]4OC(C(=O)O)=C[C@H](O)[C@H]4O)c4c(c23)CCCC4)C1.